The molecule has 2 aromatic heterocycles. The van der Waals surface area contributed by atoms with Gasteiger partial charge < -0.3 is 20.5 Å². The number of nitrogens with zero attached hydrogens (tertiary/aromatic N) is 3. The number of H-pyrrole nitrogens is 1. The van der Waals surface area contributed by atoms with Gasteiger partial charge in [0.15, 0.2) is 0 Å². The van der Waals surface area contributed by atoms with E-state index < -0.39 is 0 Å². The zero-order chi connectivity index (χ0) is 20.5. The lowest BCUT2D eigenvalue weighted by atomic mass is 9.96. The Morgan fingerprint density at radius 3 is 2.97 bits per heavy atom. The molecule has 5 rings (SSSR count). The summed E-state index contributed by atoms with van der Waals surface area (Å²) in [6.07, 6.45) is 8.65. The fraction of sp³-hybridized carbons (Fsp3) is 0.417. The normalized spacial score (nSPS) is 18.1. The van der Waals surface area contributed by atoms with Crippen molar-refractivity contribution in [1.29, 1.82) is 0 Å². The fourth-order valence-corrected chi connectivity index (χ4v) is 4.61. The molecule has 0 bridgehead atoms. The summed E-state index contributed by atoms with van der Waals surface area (Å²) in [5, 5.41) is 7.90. The van der Waals surface area contributed by atoms with Crippen molar-refractivity contribution >= 4 is 22.7 Å². The third-order valence-electron chi connectivity index (χ3n) is 6.52. The molecular formula is C24H30N6. The number of nitrogens with one attached hydrogen (secondary N) is 3. The predicted molar refractivity (Wildman–Crippen MR) is 123 cm³/mol. The van der Waals surface area contributed by atoms with Gasteiger partial charge in [0.05, 0.1) is 0 Å². The summed E-state index contributed by atoms with van der Waals surface area (Å²) < 4.78 is 0. The smallest absolute Gasteiger partial charge is 0.224 e. The van der Waals surface area contributed by atoms with Crippen molar-refractivity contribution in [3.8, 4) is 11.1 Å². The van der Waals surface area contributed by atoms with Gasteiger partial charge >= 0.3 is 0 Å². The fourth-order valence-electron chi connectivity index (χ4n) is 4.61. The second-order valence-electron chi connectivity index (χ2n) is 8.67. The van der Waals surface area contributed by atoms with Crippen LogP contribution in [-0.2, 0) is 6.42 Å². The Balaban J connectivity index is 1.35. The number of aromatic amines is 1. The number of hydrogen-bond acceptors (Lipinski definition) is 5. The maximum atomic E-state index is 4.72. The first-order valence-electron chi connectivity index (χ1n) is 11.0. The molecule has 0 radical (unpaired) electrons. The lowest BCUT2D eigenvalue weighted by Crippen LogP contribution is -2.33. The summed E-state index contributed by atoms with van der Waals surface area (Å²) in [5.74, 6) is 1.41. The van der Waals surface area contributed by atoms with Crippen LogP contribution in [0.4, 0.5) is 5.95 Å². The second kappa shape index (κ2) is 8.11. The van der Waals surface area contributed by atoms with Gasteiger partial charge in [0.25, 0.3) is 0 Å². The van der Waals surface area contributed by atoms with Crippen molar-refractivity contribution in [2.24, 2.45) is 5.92 Å². The van der Waals surface area contributed by atoms with E-state index in [-0.39, 0.29) is 0 Å². The first-order chi connectivity index (χ1) is 14.7. The molecule has 6 heteroatoms. The number of fused-ring (bicyclic) bond motifs is 2. The van der Waals surface area contributed by atoms with Crippen LogP contribution in [-0.4, -0.2) is 53.1 Å². The Morgan fingerprint density at radius 2 is 2.10 bits per heavy atom. The van der Waals surface area contributed by atoms with E-state index in [4.69, 9.17) is 4.98 Å². The zero-order valence-corrected chi connectivity index (χ0v) is 17.7. The van der Waals surface area contributed by atoms with Crippen LogP contribution in [0.15, 0.2) is 37.2 Å². The van der Waals surface area contributed by atoms with Gasteiger partial charge in [0, 0.05) is 47.7 Å². The highest BCUT2D eigenvalue weighted by Crippen LogP contribution is 2.31. The third-order valence-corrected chi connectivity index (χ3v) is 6.52. The van der Waals surface area contributed by atoms with Gasteiger partial charge in [-0.25, -0.2) is 4.98 Å². The molecule has 0 spiro atoms. The summed E-state index contributed by atoms with van der Waals surface area (Å²) in [4.78, 5) is 15.1. The first kappa shape index (κ1) is 19.1. The van der Waals surface area contributed by atoms with E-state index in [1.165, 1.54) is 42.6 Å². The van der Waals surface area contributed by atoms with Crippen LogP contribution in [0.5, 0.6) is 0 Å². The third kappa shape index (κ3) is 3.79. The van der Waals surface area contributed by atoms with Crippen LogP contribution in [0.25, 0.3) is 27.9 Å². The molecule has 30 heavy (non-hydrogen) atoms. The van der Waals surface area contributed by atoms with Crippen molar-refractivity contribution in [3.63, 3.8) is 0 Å². The average Bonchev–Trinajstić information content (AvgIpc) is 3.10. The summed E-state index contributed by atoms with van der Waals surface area (Å²) in [7, 11) is 2.20. The lowest BCUT2D eigenvalue weighted by molar-refractivity contribution is 0.226. The number of piperidine rings is 1. The van der Waals surface area contributed by atoms with Crippen molar-refractivity contribution in [2.75, 3.05) is 38.5 Å². The molecule has 1 saturated heterocycles. The Bertz CT molecular complexity index is 1060. The van der Waals surface area contributed by atoms with Gasteiger partial charge in [-0.1, -0.05) is 24.8 Å². The van der Waals surface area contributed by atoms with Crippen molar-refractivity contribution < 1.29 is 0 Å². The van der Waals surface area contributed by atoms with E-state index in [1.54, 1.807) is 0 Å². The summed E-state index contributed by atoms with van der Waals surface area (Å²) in [6.45, 7) is 8.45. The minimum atomic E-state index is 0.698. The molecule has 0 aliphatic carbocycles. The molecule has 0 atom stereocenters. The first-order valence-corrected chi connectivity index (χ1v) is 11.0. The van der Waals surface area contributed by atoms with Gasteiger partial charge in [0.2, 0.25) is 5.95 Å². The van der Waals surface area contributed by atoms with E-state index in [0.717, 1.165) is 48.2 Å². The minimum absolute atomic E-state index is 0.698. The van der Waals surface area contributed by atoms with Crippen molar-refractivity contribution in [3.05, 3.63) is 48.3 Å². The molecule has 0 unspecified atom stereocenters. The van der Waals surface area contributed by atoms with Gasteiger partial charge in [-0.05, 0) is 62.9 Å². The van der Waals surface area contributed by atoms with Crippen molar-refractivity contribution in [1.82, 2.24) is 25.2 Å². The Hall–Kier alpha value is -2.86. The molecule has 4 heterocycles. The van der Waals surface area contributed by atoms with E-state index in [0.29, 0.717) is 11.9 Å². The van der Waals surface area contributed by atoms with E-state index in [2.05, 4.69) is 57.3 Å². The van der Waals surface area contributed by atoms with Crippen LogP contribution in [0, 0.1) is 5.92 Å². The monoisotopic (exact) mass is 402 g/mol. The maximum absolute atomic E-state index is 4.72. The number of benzene rings is 1. The van der Waals surface area contributed by atoms with Gasteiger partial charge in [-0.3, -0.25) is 0 Å². The Labute approximate surface area is 177 Å². The largest absolute Gasteiger partial charge is 0.385 e. The van der Waals surface area contributed by atoms with Crippen LogP contribution < -0.4 is 10.6 Å². The van der Waals surface area contributed by atoms with Gasteiger partial charge in [0.1, 0.15) is 5.65 Å². The quantitative estimate of drug-likeness (QED) is 0.618. The Kier molecular flexibility index (Phi) is 5.17. The van der Waals surface area contributed by atoms with E-state index in [1.807, 2.05) is 12.4 Å². The molecule has 2 aliphatic rings. The number of hydrogen-bond donors (Lipinski definition) is 3. The summed E-state index contributed by atoms with van der Waals surface area (Å²) in [5.41, 5.74) is 6.84. The average molecular weight is 403 g/mol. The zero-order valence-electron chi connectivity index (χ0n) is 17.7. The standard InChI is InChI=1S/C24H30N6/c1-16-20-6-5-19(12-18(20)4-3-9-25-16)21-14-26-23-22(21)15-28-24(29-23)27-13-17-7-10-30(2)11-8-17/h5-6,12,14-15,17,25H,1,3-4,7-11,13H2,2H3,(H2,26,27,28,29). The maximum Gasteiger partial charge on any atom is 0.224 e. The summed E-state index contributed by atoms with van der Waals surface area (Å²) in [6, 6.07) is 6.65. The van der Waals surface area contributed by atoms with Crippen LogP contribution in [0.1, 0.15) is 30.4 Å². The number of rotatable bonds is 4. The lowest BCUT2D eigenvalue weighted by Gasteiger charge is -2.28. The van der Waals surface area contributed by atoms with Crippen LogP contribution in [0.2, 0.25) is 0 Å². The topological polar surface area (TPSA) is 68.9 Å². The molecule has 0 amide bonds. The van der Waals surface area contributed by atoms with Crippen molar-refractivity contribution in [2.45, 2.75) is 25.7 Å². The highest BCUT2D eigenvalue weighted by Gasteiger charge is 2.17. The van der Waals surface area contributed by atoms with Gasteiger partial charge in [-0.15, -0.1) is 0 Å². The van der Waals surface area contributed by atoms with Crippen LogP contribution >= 0.6 is 0 Å². The molecule has 0 saturated carbocycles. The number of likely N-dealkylation sites (tertiary alicyclic amines) is 1. The SMILES string of the molecule is C=C1NCCCc2cc(-c3c[nH]c4nc(NCC5CCN(C)CC5)ncc34)ccc21. The number of aryl methyl sites for hydroxylation is 1. The molecule has 6 nitrogen and oxygen atoms in total. The van der Waals surface area contributed by atoms with Gasteiger partial charge in [-0.2, -0.15) is 4.98 Å². The second-order valence-corrected chi connectivity index (χ2v) is 8.67. The highest BCUT2D eigenvalue weighted by atomic mass is 15.1. The number of anilines is 1. The molecular weight excluding hydrogens is 372 g/mol. The van der Waals surface area contributed by atoms with Crippen LogP contribution in [0.3, 0.4) is 0 Å². The van der Waals surface area contributed by atoms with E-state index in [9.17, 15) is 0 Å². The molecule has 3 aromatic rings. The molecule has 1 fully saturated rings. The Morgan fingerprint density at radius 1 is 1.23 bits per heavy atom. The predicted octanol–water partition coefficient (Wildman–Crippen LogP) is 3.89. The minimum Gasteiger partial charge on any atom is -0.385 e. The molecule has 156 valence electrons. The van der Waals surface area contributed by atoms with E-state index >= 15 is 0 Å². The molecule has 2 aliphatic heterocycles. The molecule has 1 aromatic carbocycles. The summed E-state index contributed by atoms with van der Waals surface area (Å²) >= 11 is 0. The molecule has 3 N–H and O–H groups in total. The highest BCUT2D eigenvalue weighted by molar-refractivity contribution is 5.94. The number of aromatic nitrogens is 3.